The quantitative estimate of drug-likeness (QED) is 0.659. The van der Waals surface area contributed by atoms with Crippen LogP contribution in [0.15, 0.2) is 46.9 Å². The van der Waals surface area contributed by atoms with Crippen molar-refractivity contribution in [1.82, 2.24) is 10.2 Å². The number of ether oxygens (including phenoxy) is 2. The fourth-order valence-electron chi connectivity index (χ4n) is 2.43. The Bertz CT molecular complexity index is 942. The third kappa shape index (κ3) is 4.57. The Labute approximate surface area is 161 Å². The molecule has 0 aliphatic carbocycles. The summed E-state index contributed by atoms with van der Waals surface area (Å²) >= 11 is 6.12. The van der Waals surface area contributed by atoms with Crippen LogP contribution in [0.25, 0.3) is 11.5 Å². The molecule has 0 fully saturated rings. The lowest BCUT2D eigenvalue weighted by molar-refractivity contribution is -0.116. The first kappa shape index (κ1) is 18.7. The first-order valence-electron chi connectivity index (χ1n) is 8.20. The molecule has 140 valence electrons. The van der Waals surface area contributed by atoms with Crippen molar-refractivity contribution in [3.8, 4) is 23.0 Å². The Morgan fingerprint density at radius 3 is 2.70 bits per heavy atom. The normalized spacial score (nSPS) is 10.5. The summed E-state index contributed by atoms with van der Waals surface area (Å²) in [5.74, 6) is 1.65. The lowest BCUT2D eigenvalue weighted by atomic mass is 10.2. The number of amides is 1. The largest absolute Gasteiger partial charge is 0.497 e. The molecule has 0 aliphatic rings. The molecule has 0 spiro atoms. The minimum absolute atomic E-state index is 0.180. The molecule has 0 bridgehead atoms. The van der Waals surface area contributed by atoms with Crippen molar-refractivity contribution >= 4 is 23.2 Å². The molecule has 3 rings (SSSR count). The zero-order chi connectivity index (χ0) is 19.2. The zero-order valence-corrected chi connectivity index (χ0v) is 15.6. The molecule has 2 aromatic carbocycles. The molecule has 8 heteroatoms. The topological polar surface area (TPSA) is 86.5 Å². The highest BCUT2D eigenvalue weighted by Gasteiger charge is 2.14. The average Bonchev–Trinajstić information content (AvgIpc) is 3.16. The lowest BCUT2D eigenvalue weighted by Gasteiger charge is -2.11. The van der Waals surface area contributed by atoms with Crippen molar-refractivity contribution in [3.05, 3.63) is 53.4 Å². The molecule has 27 heavy (non-hydrogen) atoms. The number of methoxy groups -OCH3 is 2. The van der Waals surface area contributed by atoms with Crippen LogP contribution < -0.4 is 14.8 Å². The van der Waals surface area contributed by atoms with Crippen molar-refractivity contribution in [1.29, 1.82) is 0 Å². The van der Waals surface area contributed by atoms with Crippen LogP contribution in [0.4, 0.5) is 5.69 Å². The first-order valence-corrected chi connectivity index (χ1v) is 8.57. The molecule has 0 aliphatic heterocycles. The van der Waals surface area contributed by atoms with Gasteiger partial charge in [0.2, 0.25) is 17.7 Å². The Morgan fingerprint density at radius 1 is 1.15 bits per heavy atom. The number of nitrogens with zero attached hydrogens (tertiary/aromatic N) is 2. The Morgan fingerprint density at radius 2 is 1.96 bits per heavy atom. The van der Waals surface area contributed by atoms with E-state index in [1.54, 1.807) is 37.4 Å². The number of hydrogen-bond acceptors (Lipinski definition) is 6. The molecular formula is C19H18ClN3O4. The van der Waals surface area contributed by atoms with Gasteiger partial charge >= 0.3 is 0 Å². The Kier molecular flexibility index (Phi) is 5.93. The van der Waals surface area contributed by atoms with Gasteiger partial charge in [0, 0.05) is 18.9 Å². The lowest BCUT2D eigenvalue weighted by Crippen LogP contribution is -2.13. The molecule has 0 atom stereocenters. The van der Waals surface area contributed by atoms with Crippen LogP contribution in [-0.4, -0.2) is 30.3 Å². The number of benzene rings is 2. The monoisotopic (exact) mass is 387 g/mol. The molecule has 1 aromatic heterocycles. The highest BCUT2D eigenvalue weighted by Crippen LogP contribution is 2.29. The van der Waals surface area contributed by atoms with Crippen molar-refractivity contribution in [2.75, 3.05) is 19.5 Å². The molecule has 3 aromatic rings. The van der Waals surface area contributed by atoms with Gasteiger partial charge in [-0.3, -0.25) is 4.79 Å². The van der Waals surface area contributed by atoms with Crippen molar-refractivity contribution in [2.24, 2.45) is 0 Å². The van der Waals surface area contributed by atoms with Crippen LogP contribution in [0.3, 0.4) is 0 Å². The van der Waals surface area contributed by atoms with Gasteiger partial charge < -0.3 is 19.2 Å². The van der Waals surface area contributed by atoms with E-state index in [-0.39, 0.29) is 12.3 Å². The summed E-state index contributed by atoms with van der Waals surface area (Å²) in [5, 5.41) is 11.3. The summed E-state index contributed by atoms with van der Waals surface area (Å²) < 4.78 is 16.0. The summed E-state index contributed by atoms with van der Waals surface area (Å²) in [6, 6.07) is 12.4. The van der Waals surface area contributed by atoms with Crippen molar-refractivity contribution in [2.45, 2.75) is 12.8 Å². The zero-order valence-electron chi connectivity index (χ0n) is 14.9. The second-order valence-electron chi connectivity index (χ2n) is 5.60. The van der Waals surface area contributed by atoms with Crippen LogP contribution in [-0.2, 0) is 11.2 Å². The molecule has 0 saturated carbocycles. The van der Waals surface area contributed by atoms with E-state index in [1.807, 2.05) is 12.1 Å². The standard InChI is InChI=1S/C19H18ClN3O4/c1-25-12-7-8-15(16(11-12)26-2)21-17(24)9-10-18-22-23-19(27-18)13-5-3-4-6-14(13)20/h3-8,11H,9-10H2,1-2H3,(H,21,24). The number of aryl methyl sites for hydroxylation is 1. The number of aromatic nitrogens is 2. The van der Waals surface area contributed by atoms with Gasteiger partial charge in [-0.1, -0.05) is 23.7 Å². The van der Waals surface area contributed by atoms with E-state index in [0.717, 1.165) is 0 Å². The summed E-state index contributed by atoms with van der Waals surface area (Å²) in [5.41, 5.74) is 1.22. The molecule has 1 heterocycles. The SMILES string of the molecule is COc1ccc(NC(=O)CCc2nnc(-c3ccccc3Cl)o2)c(OC)c1. The van der Waals surface area contributed by atoms with Crippen LogP contribution in [0.5, 0.6) is 11.5 Å². The molecule has 1 N–H and O–H groups in total. The molecular weight excluding hydrogens is 370 g/mol. The summed E-state index contributed by atoms with van der Waals surface area (Å²) in [7, 11) is 3.09. The highest BCUT2D eigenvalue weighted by atomic mass is 35.5. The number of carbonyl (C=O) groups is 1. The van der Waals surface area contributed by atoms with E-state index in [1.165, 1.54) is 7.11 Å². The first-order chi connectivity index (χ1) is 13.1. The van der Waals surface area contributed by atoms with E-state index in [4.69, 9.17) is 25.5 Å². The third-order valence-corrected chi connectivity index (χ3v) is 4.15. The molecule has 0 unspecified atom stereocenters. The Balaban J connectivity index is 1.61. The van der Waals surface area contributed by atoms with Crippen LogP contribution >= 0.6 is 11.6 Å². The number of carbonyl (C=O) groups excluding carboxylic acids is 1. The number of halogens is 1. The minimum atomic E-state index is -0.198. The van der Waals surface area contributed by atoms with Crippen molar-refractivity contribution in [3.63, 3.8) is 0 Å². The van der Waals surface area contributed by atoms with Gasteiger partial charge in [0.1, 0.15) is 11.5 Å². The molecule has 0 saturated heterocycles. The maximum Gasteiger partial charge on any atom is 0.249 e. The van der Waals surface area contributed by atoms with E-state index in [2.05, 4.69) is 15.5 Å². The van der Waals surface area contributed by atoms with E-state index in [9.17, 15) is 4.79 Å². The van der Waals surface area contributed by atoms with Gasteiger partial charge in [-0.2, -0.15) is 0 Å². The van der Waals surface area contributed by atoms with E-state index < -0.39 is 0 Å². The fourth-order valence-corrected chi connectivity index (χ4v) is 2.65. The van der Waals surface area contributed by atoms with Gasteiger partial charge in [-0.15, -0.1) is 10.2 Å². The highest BCUT2D eigenvalue weighted by molar-refractivity contribution is 6.33. The molecule has 0 radical (unpaired) electrons. The van der Waals surface area contributed by atoms with Gasteiger partial charge in [-0.05, 0) is 24.3 Å². The average molecular weight is 388 g/mol. The predicted octanol–water partition coefficient (Wildman–Crippen LogP) is 3.98. The maximum atomic E-state index is 12.2. The van der Waals surface area contributed by atoms with Gasteiger partial charge in [-0.25, -0.2) is 0 Å². The molecule has 7 nitrogen and oxygen atoms in total. The van der Waals surface area contributed by atoms with Gasteiger partial charge in [0.25, 0.3) is 0 Å². The smallest absolute Gasteiger partial charge is 0.249 e. The van der Waals surface area contributed by atoms with Crippen LogP contribution in [0.1, 0.15) is 12.3 Å². The summed E-state index contributed by atoms with van der Waals surface area (Å²) in [4.78, 5) is 12.2. The van der Waals surface area contributed by atoms with Crippen LogP contribution in [0, 0.1) is 0 Å². The van der Waals surface area contributed by atoms with E-state index in [0.29, 0.717) is 46.0 Å². The van der Waals surface area contributed by atoms with Gasteiger partial charge in [0.15, 0.2) is 0 Å². The number of hydrogen-bond donors (Lipinski definition) is 1. The van der Waals surface area contributed by atoms with E-state index >= 15 is 0 Å². The second kappa shape index (κ2) is 8.55. The maximum absolute atomic E-state index is 12.2. The summed E-state index contributed by atoms with van der Waals surface area (Å²) in [6.07, 6.45) is 0.487. The van der Waals surface area contributed by atoms with Gasteiger partial charge in [0.05, 0.1) is 30.5 Å². The predicted molar refractivity (Wildman–Crippen MR) is 101 cm³/mol. The van der Waals surface area contributed by atoms with Crippen LogP contribution in [0.2, 0.25) is 5.02 Å². The van der Waals surface area contributed by atoms with Crippen molar-refractivity contribution < 1.29 is 18.7 Å². The summed E-state index contributed by atoms with van der Waals surface area (Å²) in [6.45, 7) is 0. The third-order valence-electron chi connectivity index (χ3n) is 3.82. The number of rotatable bonds is 7. The second-order valence-corrected chi connectivity index (χ2v) is 6.00. The minimum Gasteiger partial charge on any atom is -0.497 e. The fraction of sp³-hybridized carbons (Fsp3) is 0.211. The molecule has 1 amide bonds. The number of anilines is 1. The number of nitrogens with one attached hydrogen (secondary N) is 1. The Hall–Kier alpha value is -3.06.